The Morgan fingerprint density at radius 3 is 1.94 bits per heavy atom. The fourth-order valence-electron chi connectivity index (χ4n) is 2.66. The Labute approximate surface area is 180 Å². The first kappa shape index (κ1) is 22.2. The Morgan fingerprint density at radius 1 is 0.806 bits per heavy atom. The van der Waals surface area contributed by atoms with Crippen LogP contribution in [0.1, 0.15) is 20.7 Å². The van der Waals surface area contributed by atoms with E-state index in [0.29, 0.717) is 22.7 Å². The van der Waals surface area contributed by atoms with Crippen molar-refractivity contribution in [2.45, 2.75) is 10.4 Å². The summed E-state index contributed by atoms with van der Waals surface area (Å²) in [6.45, 7) is 0. The molecule has 3 rings (SSSR count). The molecule has 5 nitrogen and oxygen atoms in total. The summed E-state index contributed by atoms with van der Waals surface area (Å²) in [5, 5.41) is 5.39. The molecule has 0 aliphatic rings. The Morgan fingerprint density at radius 2 is 1.35 bits per heavy atom. The predicted octanol–water partition coefficient (Wildman–Crippen LogP) is 5.81. The normalized spacial score (nSPS) is 11.0. The molecule has 160 valence electrons. The van der Waals surface area contributed by atoms with E-state index in [1.807, 2.05) is 0 Å². The number of nitrogens with one attached hydrogen (secondary N) is 2. The number of thioether (sulfide) groups is 1. The van der Waals surface area contributed by atoms with Crippen LogP contribution in [0.25, 0.3) is 0 Å². The van der Waals surface area contributed by atoms with Crippen molar-refractivity contribution in [1.82, 2.24) is 0 Å². The quantitative estimate of drug-likeness (QED) is 0.469. The molecule has 9 heteroatoms. The minimum Gasteiger partial charge on any atom is -0.495 e. The summed E-state index contributed by atoms with van der Waals surface area (Å²) in [6.07, 6.45) is 0. The number of halogens is 3. The molecule has 0 radical (unpaired) electrons. The molecule has 0 bridgehead atoms. The molecule has 0 heterocycles. The summed E-state index contributed by atoms with van der Waals surface area (Å²) in [5.74, 6) is -0.297. The van der Waals surface area contributed by atoms with E-state index in [4.69, 9.17) is 4.74 Å². The third kappa shape index (κ3) is 6.26. The molecular weight excluding hydrogens is 429 g/mol. The highest BCUT2D eigenvalue weighted by atomic mass is 32.2. The topological polar surface area (TPSA) is 67.4 Å². The minimum absolute atomic E-state index is 0.00513. The number of carbonyl (C=O) groups is 2. The molecular formula is C22H17F3N2O3S. The maximum Gasteiger partial charge on any atom is 0.446 e. The lowest BCUT2D eigenvalue weighted by atomic mass is 10.1. The van der Waals surface area contributed by atoms with Crippen LogP contribution in [0.3, 0.4) is 0 Å². The third-order valence-corrected chi connectivity index (χ3v) is 4.85. The molecule has 2 amide bonds. The largest absolute Gasteiger partial charge is 0.495 e. The second kappa shape index (κ2) is 9.57. The number of para-hydroxylation sites is 2. The molecule has 0 fully saturated rings. The van der Waals surface area contributed by atoms with Crippen molar-refractivity contribution in [1.29, 1.82) is 0 Å². The number of carbonyl (C=O) groups excluding carboxylic acids is 2. The Hall–Kier alpha value is -3.46. The van der Waals surface area contributed by atoms with Gasteiger partial charge in [0.15, 0.2) is 0 Å². The molecule has 0 aliphatic heterocycles. The van der Waals surface area contributed by atoms with Gasteiger partial charge in [0.05, 0.1) is 12.8 Å². The highest BCUT2D eigenvalue weighted by Crippen LogP contribution is 2.36. The second-order valence-electron chi connectivity index (χ2n) is 6.26. The third-order valence-electron chi connectivity index (χ3n) is 4.11. The van der Waals surface area contributed by atoms with E-state index in [1.165, 1.54) is 31.4 Å². The molecule has 3 aromatic rings. The lowest BCUT2D eigenvalue weighted by Crippen LogP contribution is -2.14. The van der Waals surface area contributed by atoms with Gasteiger partial charge in [-0.2, -0.15) is 13.2 Å². The van der Waals surface area contributed by atoms with Crippen molar-refractivity contribution in [3.8, 4) is 5.75 Å². The molecule has 0 aromatic heterocycles. The summed E-state index contributed by atoms with van der Waals surface area (Å²) >= 11 is -0.245. The number of benzene rings is 3. The number of anilines is 2. The van der Waals surface area contributed by atoms with Crippen LogP contribution in [0.4, 0.5) is 24.5 Å². The zero-order valence-electron chi connectivity index (χ0n) is 16.2. The molecule has 0 saturated carbocycles. The van der Waals surface area contributed by atoms with Crippen LogP contribution in [0, 0.1) is 0 Å². The Bertz CT molecular complexity index is 1070. The van der Waals surface area contributed by atoms with Crippen molar-refractivity contribution in [3.05, 3.63) is 83.9 Å². The smallest absolute Gasteiger partial charge is 0.446 e. The first-order valence-corrected chi connectivity index (χ1v) is 9.78. The van der Waals surface area contributed by atoms with E-state index >= 15 is 0 Å². The summed E-state index contributed by atoms with van der Waals surface area (Å²) in [6, 6.07) is 18.3. The van der Waals surface area contributed by atoms with Crippen molar-refractivity contribution >= 4 is 35.0 Å². The van der Waals surface area contributed by atoms with E-state index < -0.39 is 11.4 Å². The van der Waals surface area contributed by atoms with Gasteiger partial charge < -0.3 is 15.4 Å². The highest BCUT2D eigenvalue weighted by Gasteiger charge is 2.29. The Balaban J connectivity index is 1.62. The van der Waals surface area contributed by atoms with Gasteiger partial charge in [-0.15, -0.1) is 0 Å². The first-order chi connectivity index (χ1) is 14.7. The maximum absolute atomic E-state index is 12.4. The summed E-state index contributed by atoms with van der Waals surface area (Å²) in [4.78, 5) is 24.7. The van der Waals surface area contributed by atoms with Crippen LogP contribution < -0.4 is 15.4 Å². The lowest BCUT2D eigenvalue weighted by molar-refractivity contribution is -0.0328. The zero-order chi connectivity index (χ0) is 22.4. The molecule has 0 atom stereocenters. The van der Waals surface area contributed by atoms with Crippen molar-refractivity contribution in [3.63, 3.8) is 0 Å². The van der Waals surface area contributed by atoms with Crippen molar-refractivity contribution in [2.75, 3.05) is 17.7 Å². The van der Waals surface area contributed by atoms with E-state index in [-0.39, 0.29) is 28.1 Å². The molecule has 0 unspecified atom stereocenters. The number of ether oxygens (including phenoxy) is 1. The van der Waals surface area contributed by atoms with Crippen molar-refractivity contribution < 1.29 is 27.5 Å². The van der Waals surface area contributed by atoms with Crippen LogP contribution in [-0.2, 0) is 0 Å². The fourth-order valence-corrected chi connectivity index (χ4v) is 3.20. The predicted molar refractivity (Wildman–Crippen MR) is 114 cm³/mol. The average molecular weight is 446 g/mol. The second-order valence-corrected chi connectivity index (χ2v) is 7.40. The molecule has 0 saturated heterocycles. The molecule has 2 N–H and O–H groups in total. The molecule has 0 aliphatic carbocycles. The SMILES string of the molecule is COc1ccccc1NC(=O)c1ccc(NC(=O)c2ccc(SC(F)(F)F)cc2)cc1. The average Bonchev–Trinajstić information content (AvgIpc) is 2.74. The maximum atomic E-state index is 12.4. The van der Waals surface area contributed by atoms with Crippen LogP contribution in [0.15, 0.2) is 77.7 Å². The van der Waals surface area contributed by atoms with Gasteiger partial charge in [-0.3, -0.25) is 9.59 Å². The number of amides is 2. The lowest BCUT2D eigenvalue weighted by Gasteiger charge is -2.10. The van der Waals surface area contributed by atoms with Crippen LogP contribution >= 0.6 is 11.8 Å². The van der Waals surface area contributed by atoms with Gasteiger partial charge >= 0.3 is 5.51 Å². The van der Waals surface area contributed by atoms with E-state index in [2.05, 4.69) is 10.6 Å². The fraction of sp³-hybridized carbons (Fsp3) is 0.0909. The van der Waals surface area contributed by atoms with Crippen LogP contribution in [0.5, 0.6) is 5.75 Å². The van der Waals surface area contributed by atoms with Gasteiger partial charge in [-0.1, -0.05) is 12.1 Å². The number of hydrogen-bond donors (Lipinski definition) is 2. The van der Waals surface area contributed by atoms with E-state index in [9.17, 15) is 22.8 Å². The number of rotatable bonds is 6. The first-order valence-electron chi connectivity index (χ1n) is 8.97. The van der Waals surface area contributed by atoms with Crippen molar-refractivity contribution in [2.24, 2.45) is 0 Å². The van der Waals surface area contributed by atoms with Gasteiger partial charge in [0, 0.05) is 21.7 Å². The van der Waals surface area contributed by atoms with Gasteiger partial charge in [0.2, 0.25) is 0 Å². The molecule has 0 spiro atoms. The van der Waals surface area contributed by atoms with E-state index in [0.717, 1.165) is 0 Å². The molecule has 3 aromatic carbocycles. The number of hydrogen-bond acceptors (Lipinski definition) is 4. The van der Waals surface area contributed by atoms with Crippen LogP contribution in [-0.4, -0.2) is 24.4 Å². The van der Waals surface area contributed by atoms with Crippen LogP contribution in [0.2, 0.25) is 0 Å². The summed E-state index contributed by atoms with van der Waals surface area (Å²) < 4.78 is 42.4. The molecule has 31 heavy (non-hydrogen) atoms. The van der Waals surface area contributed by atoms with Gasteiger partial charge in [-0.25, -0.2) is 0 Å². The minimum atomic E-state index is -4.39. The number of alkyl halides is 3. The Kier molecular flexibility index (Phi) is 6.86. The highest BCUT2D eigenvalue weighted by molar-refractivity contribution is 8.00. The summed E-state index contributed by atoms with van der Waals surface area (Å²) in [7, 11) is 1.51. The van der Waals surface area contributed by atoms with Gasteiger partial charge in [-0.05, 0) is 72.4 Å². The van der Waals surface area contributed by atoms with E-state index in [1.54, 1.807) is 48.5 Å². The number of methoxy groups -OCH3 is 1. The van der Waals surface area contributed by atoms with Gasteiger partial charge in [0.25, 0.3) is 11.8 Å². The summed E-state index contributed by atoms with van der Waals surface area (Å²) in [5.41, 5.74) is -2.84. The van der Waals surface area contributed by atoms with Gasteiger partial charge in [0.1, 0.15) is 5.75 Å². The zero-order valence-corrected chi connectivity index (χ0v) is 17.0. The standard InChI is InChI=1S/C22H17F3N2O3S/c1-30-19-5-3-2-4-18(19)27-21(29)14-6-10-16(11-7-14)26-20(28)15-8-12-17(13-9-15)31-22(23,24)25/h2-13H,1H3,(H,26,28)(H,27,29). The monoisotopic (exact) mass is 446 g/mol.